The Morgan fingerprint density at radius 1 is 1.38 bits per heavy atom. The highest BCUT2D eigenvalue weighted by Gasteiger charge is 2.33. The largest absolute Gasteiger partial charge is 0.370 e. The lowest BCUT2D eigenvalue weighted by Gasteiger charge is -2.44. The van der Waals surface area contributed by atoms with E-state index < -0.39 is 0 Å². The second-order valence-corrected chi connectivity index (χ2v) is 3.80. The SMILES string of the molecule is Cl.N=C(N)N[C@@H]1CN2CCC1CC2. The van der Waals surface area contributed by atoms with E-state index in [0.717, 1.165) is 12.5 Å². The molecule has 0 unspecified atom stereocenters. The minimum absolute atomic E-state index is 0. The van der Waals surface area contributed by atoms with E-state index in [0.29, 0.717) is 6.04 Å². The lowest BCUT2D eigenvalue weighted by atomic mass is 9.84. The van der Waals surface area contributed by atoms with Gasteiger partial charge in [-0.05, 0) is 31.8 Å². The lowest BCUT2D eigenvalue weighted by Crippen LogP contribution is -2.58. The lowest BCUT2D eigenvalue weighted by molar-refractivity contribution is 0.0810. The van der Waals surface area contributed by atoms with Crippen molar-refractivity contribution < 1.29 is 0 Å². The van der Waals surface area contributed by atoms with Gasteiger partial charge in [0.2, 0.25) is 0 Å². The van der Waals surface area contributed by atoms with Crippen LogP contribution in [0.5, 0.6) is 0 Å². The predicted molar refractivity (Wildman–Crippen MR) is 55.2 cm³/mol. The Morgan fingerprint density at radius 3 is 2.38 bits per heavy atom. The molecule has 5 heteroatoms. The Hall–Kier alpha value is -0.480. The first-order valence-electron chi connectivity index (χ1n) is 4.58. The fourth-order valence-corrected chi connectivity index (χ4v) is 2.33. The number of rotatable bonds is 1. The highest BCUT2D eigenvalue weighted by Crippen LogP contribution is 2.27. The number of piperidine rings is 3. The van der Waals surface area contributed by atoms with Crippen molar-refractivity contribution in [2.45, 2.75) is 18.9 Å². The van der Waals surface area contributed by atoms with Crippen LogP contribution in [-0.4, -0.2) is 36.5 Å². The fraction of sp³-hybridized carbons (Fsp3) is 0.875. The number of hydrogen-bond acceptors (Lipinski definition) is 2. The summed E-state index contributed by atoms with van der Waals surface area (Å²) in [6.07, 6.45) is 2.54. The van der Waals surface area contributed by atoms with Crippen LogP contribution in [0.4, 0.5) is 0 Å². The van der Waals surface area contributed by atoms with Crippen LogP contribution in [0.3, 0.4) is 0 Å². The molecule has 0 radical (unpaired) electrons. The minimum Gasteiger partial charge on any atom is -0.370 e. The first kappa shape index (κ1) is 10.6. The monoisotopic (exact) mass is 204 g/mol. The van der Waals surface area contributed by atoms with Gasteiger partial charge in [-0.1, -0.05) is 0 Å². The summed E-state index contributed by atoms with van der Waals surface area (Å²) in [6, 6.07) is 0.435. The van der Waals surface area contributed by atoms with Gasteiger partial charge in [0.15, 0.2) is 5.96 Å². The Bertz CT molecular complexity index is 189. The summed E-state index contributed by atoms with van der Waals surface area (Å²) in [4.78, 5) is 2.45. The summed E-state index contributed by atoms with van der Waals surface area (Å²) in [6.45, 7) is 3.55. The molecule has 0 aliphatic carbocycles. The molecule has 4 nitrogen and oxygen atoms in total. The number of fused-ring (bicyclic) bond motifs is 3. The van der Waals surface area contributed by atoms with E-state index in [9.17, 15) is 0 Å². The minimum atomic E-state index is 0. The van der Waals surface area contributed by atoms with Crippen LogP contribution in [0, 0.1) is 11.3 Å². The zero-order valence-electron chi connectivity index (χ0n) is 7.62. The molecular formula is C8H17ClN4. The van der Waals surface area contributed by atoms with Crippen molar-refractivity contribution in [2.75, 3.05) is 19.6 Å². The molecule has 3 aliphatic rings. The number of nitrogens with zero attached hydrogens (tertiary/aromatic N) is 1. The van der Waals surface area contributed by atoms with Crippen LogP contribution in [0.1, 0.15) is 12.8 Å². The molecule has 0 aromatic rings. The van der Waals surface area contributed by atoms with Crippen LogP contribution >= 0.6 is 12.4 Å². The molecule has 0 aromatic heterocycles. The van der Waals surface area contributed by atoms with E-state index in [1.54, 1.807) is 0 Å². The van der Waals surface area contributed by atoms with Crippen molar-refractivity contribution in [3.63, 3.8) is 0 Å². The standard InChI is InChI=1S/C8H16N4.ClH/c9-8(10)11-7-5-12-3-1-6(7)2-4-12;/h6-7H,1-5H2,(H4,9,10,11);1H/t7-;/m1./s1. The van der Waals surface area contributed by atoms with Crippen molar-refractivity contribution >= 4 is 18.4 Å². The Morgan fingerprint density at radius 2 is 2.00 bits per heavy atom. The third-order valence-electron chi connectivity index (χ3n) is 3.00. The summed E-state index contributed by atoms with van der Waals surface area (Å²) >= 11 is 0. The average Bonchev–Trinajstić information content (AvgIpc) is 2.05. The van der Waals surface area contributed by atoms with Crippen molar-refractivity contribution in [1.29, 1.82) is 5.41 Å². The summed E-state index contributed by atoms with van der Waals surface area (Å²) < 4.78 is 0. The zero-order valence-corrected chi connectivity index (χ0v) is 8.44. The van der Waals surface area contributed by atoms with Crippen molar-refractivity contribution in [2.24, 2.45) is 11.7 Å². The molecule has 3 saturated heterocycles. The zero-order chi connectivity index (χ0) is 8.55. The van der Waals surface area contributed by atoms with E-state index in [1.807, 2.05) is 0 Å². The first-order chi connectivity index (χ1) is 5.75. The molecule has 1 atom stereocenters. The molecule has 2 bridgehead atoms. The Labute approximate surface area is 84.8 Å². The Kier molecular flexibility index (Phi) is 3.39. The summed E-state index contributed by atoms with van der Waals surface area (Å²) in [5.41, 5.74) is 5.31. The van der Waals surface area contributed by atoms with Gasteiger partial charge >= 0.3 is 0 Å². The molecular weight excluding hydrogens is 188 g/mol. The van der Waals surface area contributed by atoms with Gasteiger partial charge < -0.3 is 16.0 Å². The molecule has 0 saturated carbocycles. The molecule has 3 heterocycles. The second-order valence-electron chi connectivity index (χ2n) is 3.80. The molecule has 0 aromatic carbocycles. The van der Waals surface area contributed by atoms with E-state index >= 15 is 0 Å². The van der Waals surface area contributed by atoms with Crippen LogP contribution < -0.4 is 11.1 Å². The topological polar surface area (TPSA) is 65.1 Å². The van der Waals surface area contributed by atoms with Crippen LogP contribution in [0.15, 0.2) is 0 Å². The van der Waals surface area contributed by atoms with Gasteiger partial charge in [-0.3, -0.25) is 5.41 Å². The maximum atomic E-state index is 7.16. The van der Waals surface area contributed by atoms with Gasteiger partial charge in [0.25, 0.3) is 0 Å². The molecule has 13 heavy (non-hydrogen) atoms. The van der Waals surface area contributed by atoms with Crippen LogP contribution in [-0.2, 0) is 0 Å². The summed E-state index contributed by atoms with van der Waals surface area (Å²) in [7, 11) is 0. The molecule has 0 spiro atoms. The van der Waals surface area contributed by atoms with Gasteiger partial charge in [0.05, 0.1) is 0 Å². The van der Waals surface area contributed by atoms with E-state index in [-0.39, 0.29) is 18.4 Å². The van der Waals surface area contributed by atoms with Crippen molar-refractivity contribution in [1.82, 2.24) is 10.2 Å². The van der Waals surface area contributed by atoms with Gasteiger partial charge in [-0.25, -0.2) is 0 Å². The third-order valence-corrected chi connectivity index (χ3v) is 3.00. The summed E-state index contributed by atoms with van der Waals surface area (Å²) in [5.74, 6) is 0.868. The van der Waals surface area contributed by atoms with Crippen LogP contribution in [0.2, 0.25) is 0 Å². The number of hydrogen-bond donors (Lipinski definition) is 3. The maximum absolute atomic E-state index is 7.16. The molecule has 3 fully saturated rings. The number of nitrogens with one attached hydrogen (secondary N) is 2. The quantitative estimate of drug-likeness (QED) is 0.416. The smallest absolute Gasteiger partial charge is 0.185 e. The average molecular weight is 205 g/mol. The Balaban J connectivity index is 0.000000845. The number of nitrogens with two attached hydrogens (primary N) is 1. The molecule has 3 aliphatic heterocycles. The molecule has 76 valence electrons. The number of halogens is 1. The number of guanidine groups is 1. The van der Waals surface area contributed by atoms with Gasteiger partial charge in [-0.2, -0.15) is 0 Å². The normalized spacial score (nSPS) is 36.5. The van der Waals surface area contributed by atoms with Gasteiger partial charge in [0, 0.05) is 12.6 Å². The molecule has 3 rings (SSSR count). The maximum Gasteiger partial charge on any atom is 0.185 e. The summed E-state index contributed by atoms with van der Waals surface area (Å²) in [5, 5.41) is 10.2. The fourth-order valence-electron chi connectivity index (χ4n) is 2.33. The van der Waals surface area contributed by atoms with Gasteiger partial charge in [-0.15, -0.1) is 12.4 Å². The van der Waals surface area contributed by atoms with E-state index in [4.69, 9.17) is 11.1 Å². The second kappa shape index (κ2) is 4.15. The van der Waals surface area contributed by atoms with Crippen molar-refractivity contribution in [3.05, 3.63) is 0 Å². The highest BCUT2D eigenvalue weighted by molar-refractivity contribution is 5.85. The van der Waals surface area contributed by atoms with Crippen LogP contribution in [0.25, 0.3) is 0 Å². The van der Waals surface area contributed by atoms with E-state index in [2.05, 4.69) is 10.2 Å². The van der Waals surface area contributed by atoms with E-state index in [1.165, 1.54) is 25.9 Å². The van der Waals surface area contributed by atoms with Gasteiger partial charge in [0.1, 0.15) is 0 Å². The highest BCUT2D eigenvalue weighted by atomic mass is 35.5. The first-order valence-corrected chi connectivity index (χ1v) is 4.58. The van der Waals surface area contributed by atoms with Crippen molar-refractivity contribution in [3.8, 4) is 0 Å². The predicted octanol–water partition coefficient (Wildman–Crippen LogP) is -0.0145. The molecule has 0 amide bonds. The third kappa shape index (κ3) is 2.25. The molecule has 4 N–H and O–H groups in total.